The first-order valence-electron chi connectivity index (χ1n) is 9.05. The van der Waals surface area contributed by atoms with Crippen LogP contribution in [0.15, 0.2) is 78.1 Å². The summed E-state index contributed by atoms with van der Waals surface area (Å²) in [6.45, 7) is 0. The molecular formula is C22H20N4O2S. The standard InChI is InChI=1S/C22H20N4O2S/c1-27-18-11-9-17(10-12-18)26-21(20-8-3-4-13-23-20)24-25-22(26)29-15-16-6-5-7-19(14-16)28-2/h3-14H,15H2,1-2H3. The smallest absolute Gasteiger partial charge is 0.196 e. The van der Waals surface area contributed by atoms with Crippen molar-refractivity contribution in [1.82, 2.24) is 19.7 Å². The van der Waals surface area contributed by atoms with Gasteiger partial charge >= 0.3 is 0 Å². The van der Waals surface area contributed by atoms with Crippen molar-refractivity contribution in [2.24, 2.45) is 0 Å². The van der Waals surface area contributed by atoms with Crippen LogP contribution < -0.4 is 9.47 Å². The second-order valence-electron chi connectivity index (χ2n) is 6.19. The normalized spacial score (nSPS) is 10.7. The number of benzene rings is 2. The molecule has 0 aliphatic carbocycles. The number of nitrogens with zero attached hydrogens (tertiary/aromatic N) is 4. The summed E-state index contributed by atoms with van der Waals surface area (Å²) < 4.78 is 12.6. The Hall–Kier alpha value is -3.32. The van der Waals surface area contributed by atoms with E-state index in [2.05, 4.69) is 21.2 Å². The molecular weight excluding hydrogens is 384 g/mol. The Morgan fingerprint density at radius 1 is 0.862 bits per heavy atom. The molecule has 0 saturated carbocycles. The highest BCUT2D eigenvalue weighted by Crippen LogP contribution is 2.30. The summed E-state index contributed by atoms with van der Waals surface area (Å²) in [5, 5.41) is 9.66. The third-order valence-corrected chi connectivity index (χ3v) is 5.36. The van der Waals surface area contributed by atoms with Gasteiger partial charge in [0, 0.05) is 11.9 Å². The van der Waals surface area contributed by atoms with Gasteiger partial charge in [-0.15, -0.1) is 10.2 Å². The highest BCUT2D eigenvalue weighted by molar-refractivity contribution is 7.98. The van der Waals surface area contributed by atoms with E-state index in [-0.39, 0.29) is 0 Å². The average molecular weight is 404 g/mol. The first-order chi connectivity index (χ1) is 14.3. The summed E-state index contributed by atoms with van der Waals surface area (Å²) in [5.41, 5.74) is 2.87. The summed E-state index contributed by atoms with van der Waals surface area (Å²) in [4.78, 5) is 4.45. The Labute approximate surface area is 173 Å². The van der Waals surface area contributed by atoms with Crippen LogP contribution in [0, 0.1) is 0 Å². The second-order valence-corrected chi connectivity index (χ2v) is 7.14. The Kier molecular flexibility index (Phi) is 5.76. The van der Waals surface area contributed by atoms with Crippen molar-refractivity contribution < 1.29 is 9.47 Å². The molecule has 4 aromatic rings. The molecule has 0 N–H and O–H groups in total. The fourth-order valence-corrected chi connectivity index (χ4v) is 3.79. The van der Waals surface area contributed by atoms with Crippen LogP contribution in [-0.2, 0) is 5.75 Å². The van der Waals surface area contributed by atoms with E-state index in [4.69, 9.17) is 9.47 Å². The van der Waals surface area contributed by atoms with Crippen molar-refractivity contribution in [3.8, 4) is 28.7 Å². The number of thioether (sulfide) groups is 1. The van der Waals surface area contributed by atoms with E-state index < -0.39 is 0 Å². The van der Waals surface area contributed by atoms with Crippen molar-refractivity contribution in [2.75, 3.05) is 14.2 Å². The molecule has 0 radical (unpaired) electrons. The van der Waals surface area contributed by atoms with E-state index in [1.165, 1.54) is 0 Å². The van der Waals surface area contributed by atoms with Crippen LogP contribution in [0.2, 0.25) is 0 Å². The molecule has 2 aromatic carbocycles. The van der Waals surface area contributed by atoms with Crippen molar-refractivity contribution in [3.63, 3.8) is 0 Å². The maximum absolute atomic E-state index is 5.32. The Bertz CT molecular complexity index is 1080. The van der Waals surface area contributed by atoms with Gasteiger partial charge in [0.1, 0.15) is 17.2 Å². The number of ether oxygens (including phenoxy) is 2. The van der Waals surface area contributed by atoms with E-state index in [0.29, 0.717) is 5.82 Å². The summed E-state index contributed by atoms with van der Waals surface area (Å²) in [6.07, 6.45) is 1.76. The molecule has 0 atom stereocenters. The third-order valence-electron chi connectivity index (χ3n) is 4.36. The third kappa shape index (κ3) is 4.25. The number of rotatable bonds is 7. The van der Waals surface area contributed by atoms with Gasteiger partial charge in [-0.3, -0.25) is 9.55 Å². The van der Waals surface area contributed by atoms with E-state index in [0.717, 1.165) is 39.4 Å². The van der Waals surface area contributed by atoms with Gasteiger partial charge in [0.15, 0.2) is 11.0 Å². The lowest BCUT2D eigenvalue weighted by molar-refractivity contribution is 0.414. The molecule has 6 nitrogen and oxygen atoms in total. The van der Waals surface area contributed by atoms with Crippen LogP contribution in [0.4, 0.5) is 0 Å². The topological polar surface area (TPSA) is 62.1 Å². The lowest BCUT2D eigenvalue weighted by Gasteiger charge is -2.11. The van der Waals surface area contributed by atoms with Gasteiger partial charge in [0.25, 0.3) is 0 Å². The van der Waals surface area contributed by atoms with Gasteiger partial charge in [-0.05, 0) is 54.1 Å². The molecule has 0 unspecified atom stereocenters. The zero-order valence-electron chi connectivity index (χ0n) is 16.1. The van der Waals surface area contributed by atoms with Crippen LogP contribution in [-0.4, -0.2) is 34.0 Å². The predicted molar refractivity (Wildman–Crippen MR) is 114 cm³/mol. The van der Waals surface area contributed by atoms with Gasteiger partial charge in [0.2, 0.25) is 0 Å². The SMILES string of the molecule is COc1ccc(-n2c(SCc3cccc(OC)c3)nnc2-c2ccccn2)cc1. The molecule has 0 spiro atoms. The zero-order chi connectivity index (χ0) is 20.1. The molecule has 0 aliphatic heterocycles. The van der Waals surface area contributed by atoms with E-state index in [1.54, 1.807) is 32.2 Å². The Balaban J connectivity index is 1.70. The van der Waals surface area contributed by atoms with Crippen molar-refractivity contribution >= 4 is 11.8 Å². The van der Waals surface area contributed by atoms with Crippen LogP contribution in [0.1, 0.15) is 5.56 Å². The van der Waals surface area contributed by atoms with Gasteiger partial charge in [-0.1, -0.05) is 30.0 Å². The van der Waals surface area contributed by atoms with Crippen molar-refractivity contribution in [3.05, 3.63) is 78.5 Å². The number of hydrogen-bond acceptors (Lipinski definition) is 6. The molecule has 2 heterocycles. The molecule has 0 aliphatic rings. The van der Waals surface area contributed by atoms with Crippen LogP contribution in [0.3, 0.4) is 0 Å². The quantitative estimate of drug-likeness (QED) is 0.418. The lowest BCUT2D eigenvalue weighted by Crippen LogP contribution is -2.01. The summed E-state index contributed by atoms with van der Waals surface area (Å²) >= 11 is 1.61. The fraction of sp³-hybridized carbons (Fsp3) is 0.136. The first-order valence-corrected chi connectivity index (χ1v) is 10.0. The van der Waals surface area contributed by atoms with Gasteiger partial charge in [-0.2, -0.15) is 0 Å². The highest BCUT2D eigenvalue weighted by atomic mass is 32.2. The van der Waals surface area contributed by atoms with Gasteiger partial charge in [0.05, 0.1) is 19.9 Å². The summed E-state index contributed by atoms with van der Waals surface area (Å²) in [6, 6.07) is 21.6. The average Bonchev–Trinajstić information content (AvgIpc) is 3.22. The molecule has 2 aromatic heterocycles. The summed E-state index contributed by atoms with van der Waals surface area (Å²) in [7, 11) is 3.33. The Morgan fingerprint density at radius 2 is 1.69 bits per heavy atom. The van der Waals surface area contributed by atoms with Crippen molar-refractivity contribution in [1.29, 1.82) is 0 Å². The molecule has 7 heteroatoms. The number of hydrogen-bond donors (Lipinski definition) is 0. The molecule has 0 saturated heterocycles. The minimum atomic E-state index is 0.698. The number of aromatic nitrogens is 4. The molecule has 146 valence electrons. The highest BCUT2D eigenvalue weighted by Gasteiger charge is 2.17. The minimum Gasteiger partial charge on any atom is -0.497 e. The van der Waals surface area contributed by atoms with Crippen LogP contribution in [0.25, 0.3) is 17.2 Å². The summed E-state index contributed by atoms with van der Waals surface area (Å²) in [5.74, 6) is 3.08. The molecule has 4 rings (SSSR count). The monoisotopic (exact) mass is 404 g/mol. The largest absolute Gasteiger partial charge is 0.497 e. The molecule has 0 bridgehead atoms. The van der Waals surface area contributed by atoms with E-state index >= 15 is 0 Å². The van der Waals surface area contributed by atoms with Gasteiger partial charge in [-0.25, -0.2) is 0 Å². The van der Waals surface area contributed by atoms with Gasteiger partial charge < -0.3 is 9.47 Å². The molecule has 0 amide bonds. The molecule has 29 heavy (non-hydrogen) atoms. The predicted octanol–water partition coefficient (Wildman–Crippen LogP) is 4.64. The van der Waals surface area contributed by atoms with E-state index in [9.17, 15) is 0 Å². The first kappa shape index (κ1) is 19.0. The number of methoxy groups -OCH3 is 2. The lowest BCUT2D eigenvalue weighted by atomic mass is 10.2. The zero-order valence-corrected chi connectivity index (χ0v) is 17.0. The Morgan fingerprint density at radius 3 is 2.41 bits per heavy atom. The molecule has 0 fully saturated rings. The fourth-order valence-electron chi connectivity index (χ4n) is 2.90. The second kappa shape index (κ2) is 8.79. The maximum atomic E-state index is 5.32. The van der Waals surface area contributed by atoms with E-state index in [1.807, 2.05) is 65.2 Å². The maximum Gasteiger partial charge on any atom is 0.196 e. The van der Waals surface area contributed by atoms with Crippen LogP contribution in [0.5, 0.6) is 11.5 Å². The minimum absolute atomic E-state index is 0.698. The van der Waals surface area contributed by atoms with Crippen molar-refractivity contribution in [2.45, 2.75) is 10.9 Å². The number of pyridine rings is 1. The van der Waals surface area contributed by atoms with Crippen LogP contribution >= 0.6 is 11.8 Å².